The Labute approximate surface area is 113 Å². The quantitative estimate of drug-likeness (QED) is 0.783. The molecule has 19 heavy (non-hydrogen) atoms. The van der Waals surface area contributed by atoms with Gasteiger partial charge in [-0.05, 0) is 24.1 Å². The molecule has 0 spiro atoms. The fraction of sp³-hybridized carbons (Fsp3) is 0.462. The second-order valence-electron chi connectivity index (χ2n) is 4.21. The lowest BCUT2D eigenvalue weighted by molar-refractivity contribution is -0.136. The van der Waals surface area contributed by atoms with Gasteiger partial charge in [0.1, 0.15) is 12.4 Å². The molecular formula is C13H18O5S. The number of hydrogen-bond donors (Lipinski definition) is 1. The zero-order valence-corrected chi connectivity index (χ0v) is 11.6. The maximum absolute atomic E-state index is 11.5. The van der Waals surface area contributed by atoms with Gasteiger partial charge in [0.05, 0.1) is 17.9 Å². The normalized spacial score (nSPS) is 11.2. The highest BCUT2D eigenvalue weighted by Crippen LogP contribution is 2.12. The Kier molecular flexibility index (Phi) is 5.82. The van der Waals surface area contributed by atoms with Crippen LogP contribution in [0, 0.1) is 0 Å². The van der Waals surface area contributed by atoms with Gasteiger partial charge < -0.3 is 9.84 Å². The zero-order valence-electron chi connectivity index (χ0n) is 10.8. The van der Waals surface area contributed by atoms with Crippen LogP contribution in [-0.2, 0) is 21.1 Å². The molecule has 6 heteroatoms. The van der Waals surface area contributed by atoms with Gasteiger partial charge in [-0.15, -0.1) is 0 Å². The van der Waals surface area contributed by atoms with Gasteiger partial charge >= 0.3 is 5.97 Å². The topological polar surface area (TPSA) is 80.7 Å². The molecule has 0 bridgehead atoms. The highest BCUT2D eigenvalue weighted by atomic mass is 32.2. The van der Waals surface area contributed by atoms with E-state index in [0.29, 0.717) is 17.7 Å². The SMILES string of the molecule is CCCS(=O)(=O)CCOc1ccc(CC(=O)O)cc1. The van der Waals surface area contributed by atoms with Crippen molar-refractivity contribution in [2.45, 2.75) is 19.8 Å². The van der Waals surface area contributed by atoms with E-state index in [1.807, 2.05) is 6.92 Å². The first kappa shape index (κ1) is 15.5. The van der Waals surface area contributed by atoms with Gasteiger partial charge in [0.15, 0.2) is 9.84 Å². The first-order valence-corrected chi connectivity index (χ1v) is 7.89. The summed E-state index contributed by atoms with van der Waals surface area (Å²) in [6, 6.07) is 6.60. The van der Waals surface area contributed by atoms with E-state index in [1.54, 1.807) is 24.3 Å². The molecule has 0 unspecified atom stereocenters. The molecule has 0 heterocycles. The summed E-state index contributed by atoms with van der Waals surface area (Å²) >= 11 is 0. The molecular weight excluding hydrogens is 268 g/mol. The van der Waals surface area contributed by atoms with Crippen LogP contribution in [0.25, 0.3) is 0 Å². The van der Waals surface area contributed by atoms with E-state index in [9.17, 15) is 13.2 Å². The van der Waals surface area contributed by atoms with Crippen molar-refractivity contribution in [1.29, 1.82) is 0 Å². The highest BCUT2D eigenvalue weighted by Gasteiger charge is 2.09. The summed E-state index contributed by atoms with van der Waals surface area (Å²) in [5.41, 5.74) is 0.679. The maximum Gasteiger partial charge on any atom is 0.307 e. The Morgan fingerprint density at radius 3 is 2.37 bits per heavy atom. The van der Waals surface area contributed by atoms with Crippen LogP contribution in [0.1, 0.15) is 18.9 Å². The van der Waals surface area contributed by atoms with Crippen LogP contribution in [-0.4, -0.2) is 37.6 Å². The van der Waals surface area contributed by atoms with Gasteiger partial charge in [-0.1, -0.05) is 19.1 Å². The molecule has 0 atom stereocenters. The molecule has 0 aliphatic carbocycles. The van der Waals surface area contributed by atoms with E-state index in [4.69, 9.17) is 9.84 Å². The standard InChI is InChI=1S/C13H18O5S/c1-2-8-19(16,17)9-7-18-12-5-3-11(4-6-12)10-13(14)15/h3-6H,2,7-10H2,1H3,(H,14,15). The van der Waals surface area contributed by atoms with Gasteiger partial charge in [0.25, 0.3) is 0 Å². The summed E-state index contributed by atoms with van der Waals surface area (Å²) < 4.78 is 28.2. The molecule has 5 nitrogen and oxygen atoms in total. The van der Waals surface area contributed by atoms with Crippen molar-refractivity contribution in [1.82, 2.24) is 0 Å². The number of carboxylic acid groups (broad SMARTS) is 1. The average molecular weight is 286 g/mol. The third-order valence-corrected chi connectivity index (χ3v) is 4.28. The van der Waals surface area contributed by atoms with Crippen molar-refractivity contribution < 1.29 is 23.1 Å². The minimum atomic E-state index is -3.03. The van der Waals surface area contributed by atoms with Gasteiger partial charge in [0.2, 0.25) is 0 Å². The summed E-state index contributed by atoms with van der Waals surface area (Å²) in [4.78, 5) is 10.5. The number of carboxylic acids is 1. The van der Waals surface area contributed by atoms with Gasteiger partial charge in [0, 0.05) is 0 Å². The number of benzene rings is 1. The van der Waals surface area contributed by atoms with Crippen LogP contribution in [0.3, 0.4) is 0 Å². The average Bonchev–Trinajstić information content (AvgIpc) is 2.30. The summed E-state index contributed by atoms with van der Waals surface area (Å²) in [6.07, 6.45) is 0.567. The van der Waals surface area contributed by atoms with Gasteiger partial charge in [-0.3, -0.25) is 4.79 Å². The lowest BCUT2D eigenvalue weighted by Gasteiger charge is -2.07. The van der Waals surface area contributed by atoms with Crippen molar-refractivity contribution in [2.75, 3.05) is 18.1 Å². The fourth-order valence-electron chi connectivity index (χ4n) is 1.58. The van der Waals surface area contributed by atoms with Gasteiger partial charge in [-0.25, -0.2) is 8.42 Å². The van der Waals surface area contributed by atoms with Crippen LogP contribution >= 0.6 is 0 Å². The minimum absolute atomic E-state index is 0.00226. The summed E-state index contributed by atoms with van der Waals surface area (Å²) in [5, 5.41) is 8.62. The summed E-state index contributed by atoms with van der Waals surface area (Å²) in [6.45, 7) is 1.93. The van der Waals surface area contributed by atoms with Crippen molar-refractivity contribution in [3.05, 3.63) is 29.8 Å². The monoisotopic (exact) mass is 286 g/mol. The Balaban J connectivity index is 2.44. The minimum Gasteiger partial charge on any atom is -0.493 e. The van der Waals surface area contributed by atoms with Crippen molar-refractivity contribution >= 4 is 15.8 Å². The van der Waals surface area contributed by atoms with E-state index in [1.165, 1.54) is 0 Å². The predicted octanol–water partition coefficient (Wildman–Crippen LogP) is 1.52. The van der Waals surface area contributed by atoms with Crippen LogP contribution in [0.4, 0.5) is 0 Å². The second kappa shape index (κ2) is 7.13. The molecule has 1 N–H and O–H groups in total. The molecule has 106 valence electrons. The Hall–Kier alpha value is -1.56. The number of ether oxygens (including phenoxy) is 1. The van der Waals surface area contributed by atoms with Crippen LogP contribution in [0.2, 0.25) is 0 Å². The molecule has 1 aromatic rings. The number of sulfone groups is 1. The molecule has 0 aliphatic rings. The molecule has 0 fully saturated rings. The number of aliphatic carboxylic acids is 1. The lowest BCUT2D eigenvalue weighted by atomic mass is 10.1. The van der Waals surface area contributed by atoms with Crippen LogP contribution < -0.4 is 4.74 Å². The van der Waals surface area contributed by atoms with Crippen molar-refractivity contribution in [3.63, 3.8) is 0 Å². The molecule has 0 saturated heterocycles. The Bertz CT molecular complexity index is 504. The Morgan fingerprint density at radius 2 is 1.84 bits per heavy atom. The molecule has 0 aliphatic heterocycles. The second-order valence-corrected chi connectivity index (χ2v) is 6.52. The third-order valence-electron chi connectivity index (χ3n) is 2.46. The Morgan fingerprint density at radius 1 is 1.21 bits per heavy atom. The van der Waals surface area contributed by atoms with E-state index in [0.717, 1.165) is 0 Å². The highest BCUT2D eigenvalue weighted by molar-refractivity contribution is 7.91. The first-order valence-electron chi connectivity index (χ1n) is 6.07. The molecule has 0 radical (unpaired) electrons. The molecule has 0 saturated carbocycles. The predicted molar refractivity (Wildman–Crippen MR) is 72.2 cm³/mol. The van der Waals surface area contributed by atoms with Crippen molar-refractivity contribution in [2.24, 2.45) is 0 Å². The first-order chi connectivity index (χ1) is 8.93. The van der Waals surface area contributed by atoms with Gasteiger partial charge in [-0.2, -0.15) is 0 Å². The summed E-state index contributed by atoms with van der Waals surface area (Å²) in [5.74, 6) is -0.175. The third kappa shape index (κ3) is 6.24. The van der Waals surface area contributed by atoms with E-state index < -0.39 is 15.8 Å². The maximum atomic E-state index is 11.5. The number of rotatable bonds is 8. The number of hydrogen-bond acceptors (Lipinski definition) is 4. The fourth-order valence-corrected chi connectivity index (χ4v) is 2.74. The zero-order chi connectivity index (χ0) is 14.3. The lowest BCUT2D eigenvalue weighted by Crippen LogP contribution is -2.16. The van der Waals surface area contributed by atoms with E-state index in [2.05, 4.69) is 0 Å². The largest absolute Gasteiger partial charge is 0.493 e. The smallest absolute Gasteiger partial charge is 0.307 e. The molecule has 1 rings (SSSR count). The van der Waals surface area contributed by atoms with Crippen molar-refractivity contribution in [3.8, 4) is 5.75 Å². The number of carbonyl (C=O) groups is 1. The molecule has 1 aromatic carbocycles. The van der Waals surface area contributed by atoms with E-state index in [-0.39, 0.29) is 24.5 Å². The van der Waals surface area contributed by atoms with Crippen LogP contribution in [0.5, 0.6) is 5.75 Å². The molecule has 0 amide bonds. The van der Waals surface area contributed by atoms with Crippen LogP contribution in [0.15, 0.2) is 24.3 Å². The summed E-state index contributed by atoms with van der Waals surface area (Å²) in [7, 11) is -3.03. The van der Waals surface area contributed by atoms with E-state index >= 15 is 0 Å². The molecule has 0 aromatic heterocycles.